The molecule has 0 unspecified atom stereocenters. The fourth-order valence-electron chi connectivity index (χ4n) is 1.53. The molecule has 0 saturated carbocycles. The number of carbonyl (C=O) groups excluding carboxylic acids is 2. The van der Waals surface area contributed by atoms with Crippen molar-refractivity contribution < 1.29 is 28.6 Å². The SMILES string of the molecule is COc1cc(C(=O)N(CC(N)=O)CC(=O)O)ccc1F. The minimum Gasteiger partial charge on any atom is -0.494 e. The number of carboxylic acid groups (broad SMARTS) is 1. The van der Waals surface area contributed by atoms with Gasteiger partial charge in [-0.2, -0.15) is 0 Å². The van der Waals surface area contributed by atoms with Crippen molar-refractivity contribution in [3.63, 3.8) is 0 Å². The number of carbonyl (C=O) groups is 3. The summed E-state index contributed by atoms with van der Waals surface area (Å²) in [5, 5.41) is 8.71. The summed E-state index contributed by atoms with van der Waals surface area (Å²) in [4.78, 5) is 34.3. The molecule has 0 aliphatic heterocycles. The summed E-state index contributed by atoms with van der Waals surface area (Å²) in [6.45, 7) is -1.24. The fourth-order valence-corrected chi connectivity index (χ4v) is 1.53. The Morgan fingerprint density at radius 1 is 1.35 bits per heavy atom. The van der Waals surface area contributed by atoms with Gasteiger partial charge in [-0.05, 0) is 18.2 Å². The lowest BCUT2D eigenvalue weighted by molar-refractivity contribution is -0.138. The summed E-state index contributed by atoms with van der Waals surface area (Å²) in [5.74, 6) is -3.74. The molecule has 0 atom stereocenters. The van der Waals surface area contributed by atoms with Crippen LogP contribution in [0.2, 0.25) is 0 Å². The molecule has 0 aliphatic rings. The quantitative estimate of drug-likeness (QED) is 0.754. The maximum atomic E-state index is 13.2. The van der Waals surface area contributed by atoms with E-state index in [1.165, 1.54) is 7.11 Å². The van der Waals surface area contributed by atoms with E-state index >= 15 is 0 Å². The summed E-state index contributed by atoms with van der Waals surface area (Å²) in [7, 11) is 1.23. The van der Waals surface area contributed by atoms with Crippen LogP contribution in [0, 0.1) is 5.82 Å². The van der Waals surface area contributed by atoms with Crippen molar-refractivity contribution in [3.05, 3.63) is 29.6 Å². The first-order valence-electron chi connectivity index (χ1n) is 5.48. The van der Waals surface area contributed by atoms with Crippen LogP contribution in [0.25, 0.3) is 0 Å². The smallest absolute Gasteiger partial charge is 0.323 e. The van der Waals surface area contributed by atoms with Gasteiger partial charge in [0.1, 0.15) is 13.1 Å². The van der Waals surface area contributed by atoms with Crippen molar-refractivity contribution in [1.82, 2.24) is 4.90 Å². The second kappa shape index (κ2) is 6.50. The molecular formula is C12H13FN2O5. The van der Waals surface area contributed by atoms with Crippen LogP contribution in [0.15, 0.2) is 18.2 Å². The van der Waals surface area contributed by atoms with E-state index in [0.717, 1.165) is 23.1 Å². The van der Waals surface area contributed by atoms with E-state index in [4.69, 9.17) is 15.6 Å². The normalized spacial score (nSPS) is 9.90. The second-order valence-corrected chi connectivity index (χ2v) is 3.87. The van der Waals surface area contributed by atoms with Gasteiger partial charge in [0, 0.05) is 5.56 Å². The lowest BCUT2D eigenvalue weighted by Crippen LogP contribution is -2.41. The molecule has 1 aromatic carbocycles. The van der Waals surface area contributed by atoms with Gasteiger partial charge in [-0.25, -0.2) is 4.39 Å². The molecule has 1 rings (SSSR count). The summed E-state index contributed by atoms with van der Waals surface area (Å²) < 4.78 is 18.0. The van der Waals surface area contributed by atoms with Crippen LogP contribution >= 0.6 is 0 Å². The van der Waals surface area contributed by atoms with Gasteiger partial charge in [-0.1, -0.05) is 0 Å². The number of amides is 2. The number of methoxy groups -OCH3 is 1. The number of rotatable bonds is 6. The Bertz CT molecular complexity index is 531. The Kier molecular flexibility index (Phi) is 5.01. The zero-order valence-corrected chi connectivity index (χ0v) is 10.6. The number of hydrogen-bond acceptors (Lipinski definition) is 4. The molecule has 0 aromatic heterocycles. The number of halogens is 1. The van der Waals surface area contributed by atoms with Crippen LogP contribution in [-0.4, -0.2) is 48.0 Å². The monoisotopic (exact) mass is 284 g/mol. The lowest BCUT2D eigenvalue weighted by atomic mass is 10.1. The highest BCUT2D eigenvalue weighted by Gasteiger charge is 2.21. The molecule has 0 bridgehead atoms. The molecular weight excluding hydrogens is 271 g/mol. The number of carboxylic acids is 1. The number of benzene rings is 1. The van der Waals surface area contributed by atoms with Crippen LogP contribution in [-0.2, 0) is 9.59 Å². The molecule has 20 heavy (non-hydrogen) atoms. The number of nitrogens with zero attached hydrogens (tertiary/aromatic N) is 1. The first kappa shape index (κ1) is 15.4. The van der Waals surface area contributed by atoms with Crippen molar-refractivity contribution in [1.29, 1.82) is 0 Å². The average molecular weight is 284 g/mol. The van der Waals surface area contributed by atoms with E-state index in [2.05, 4.69) is 0 Å². The molecule has 0 fully saturated rings. The van der Waals surface area contributed by atoms with E-state index in [1.54, 1.807) is 0 Å². The first-order valence-corrected chi connectivity index (χ1v) is 5.48. The average Bonchev–Trinajstić information content (AvgIpc) is 2.36. The van der Waals surface area contributed by atoms with Crippen LogP contribution in [0.1, 0.15) is 10.4 Å². The molecule has 1 aromatic rings. The van der Waals surface area contributed by atoms with Crippen LogP contribution < -0.4 is 10.5 Å². The van der Waals surface area contributed by atoms with Gasteiger partial charge in [-0.15, -0.1) is 0 Å². The standard InChI is InChI=1S/C12H13FN2O5/c1-20-9-4-7(2-3-8(9)13)12(19)15(5-10(14)16)6-11(17)18/h2-4H,5-6H2,1H3,(H2,14,16)(H,17,18). The Morgan fingerprint density at radius 3 is 2.50 bits per heavy atom. The molecule has 0 saturated heterocycles. The molecule has 0 heterocycles. The van der Waals surface area contributed by atoms with E-state index in [1.807, 2.05) is 0 Å². The predicted octanol–water partition coefficient (Wildman–Crippen LogP) is -0.154. The van der Waals surface area contributed by atoms with Crippen molar-refractivity contribution in [2.24, 2.45) is 5.73 Å². The van der Waals surface area contributed by atoms with Crippen molar-refractivity contribution in [2.75, 3.05) is 20.2 Å². The molecule has 8 heteroatoms. The third kappa shape index (κ3) is 3.94. The number of primary amides is 1. The zero-order chi connectivity index (χ0) is 15.3. The molecule has 0 radical (unpaired) electrons. The van der Waals surface area contributed by atoms with Crippen molar-refractivity contribution in [2.45, 2.75) is 0 Å². The van der Waals surface area contributed by atoms with Gasteiger partial charge < -0.3 is 20.5 Å². The Hall–Kier alpha value is -2.64. The van der Waals surface area contributed by atoms with Crippen molar-refractivity contribution in [3.8, 4) is 5.75 Å². The number of nitrogens with two attached hydrogens (primary N) is 1. The minimum atomic E-state index is -1.30. The minimum absolute atomic E-state index is 0.00856. The maximum Gasteiger partial charge on any atom is 0.323 e. The topological polar surface area (TPSA) is 110 Å². The maximum absolute atomic E-state index is 13.2. The summed E-state index contributed by atoms with van der Waals surface area (Å²) in [5.41, 5.74) is 4.95. The van der Waals surface area contributed by atoms with E-state index in [0.29, 0.717) is 0 Å². The first-order chi connectivity index (χ1) is 9.35. The van der Waals surface area contributed by atoms with Gasteiger partial charge >= 0.3 is 5.97 Å². The number of hydrogen-bond donors (Lipinski definition) is 2. The number of aliphatic carboxylic acids is 1. The highest BCUT2D eigenvalue weighted by atomic mass is 19.1. The fraction of sp³-hybridized carbons (Fsp3) is 0.250. The van der Waals surface area contributed by atoms with Gasteiger partial charge in [0.2, 0.25) is 5.91 Å². The van der Waals surface area contributed by atoms with Crippen LogP contribution in [0.5, 0.6) is 5.75 Å². The molecule has 3 N–H and O–H groups in total. The third-order valence-corrected chi connectivity index (χ3v) is 2.36. The molecule has 2 amide bonds. The van der Waals surface area contributed by atoms with E-state index in [9.17, 15) is 18.8 Å². The van der Waals surface area contributed by atoms with Gasteiger partial charge in [0.15, 0.2) is 11.6 Å². The lowest BCUT2D eigenvalue weighted by Gasteiger charge is -2.19. The largest absolute Gasteiger partial charge is 0.494 e. The van der Waals surface area contributed by atoms with Crippen LogP contribution in [0.4, 0.5) is 4.39 Å². The van der Waals surface area contributed by atoms with Crippen molar-refractivity contribution >= 4 is 17.8 Å². The molecule has 0 aliphatic carbocycles. The zero-order valence-electron chi connectivity index (χ0n) is 10.6. The number of ether oxygens (including phenoxy) is 1. The molecule has 7 nitrogen and oxygen atoms in total. The Balaban J connectivity index is 3.04. The predicted molar refractivity (Wildman–Crippen MR) is 65.7 cm³/mol. The Labute approximate surface area is 113 Å². The molecule has 108 valence electrons. The van der Waals surface area contributed by atoms with Crippen LogP contribution in [0.3, 0.4) is 0 Å². The second-order valence-electron chi connectivity index (χ2n) is 3.87. The van der Waals surface area contributed by atoms with Gasteiger partial charge in [0.25, 0.3) is 5.91 Å². The van der Waals surface area contributed by atoms with Gasteiger partial charge in [0.05, 0.1) is 7.11 Å². The summed E-state index contributed by atoms with van der Waals surface area (Å²) >= 11 is 0. The third-order valence-electron chi connectivity index (χ3n) is 2.36. The summed E-state index contributed by atoms with van der Waals surface area (Å²) in [6.07, 6.45) is 0. The van der Waals surface area contributed by atoms with E-state index < -0.39 is 36.7 Å². The highest BCUT2D eigenvalue weighted by Crippen LogP contribution is 2.19. The molecule has 0 spiro atoms. The Morgan fingerprint density at radius 2 is 2.00 bits per heavy atom. The highest BCUT2D eigenvalue weighted by molar-refractivity contribution is 5.98. The van der Waals surface area contributed by atoms with Gasteiger partial charge in [-0.3, -0.25) is 14.4 Å². The van der Waals surface area contributed by atoms with E-state index in [-0.39, 0.29) is 11.3 Å². The summed E-state index contributed by atoms with van der Waals surface area (Å²) in [6, 6.07) is 3.29.